The van der Waals surface area contributed by atoms with E-state index >= 15 is 0 Å². The van der Waals surface area contributed by atoms with Crippen molar-refractivity contribution in [2.24, 2.45) is 13.0 Å². The van der Waals surface area contributed by atoms with Gasteiger partial charge in [0.05, 0.1) is 17.0 Å². The lowest BCUT2D eigenvalue weighted by Gasteiger charge is -2.31. The predicted molar refractivity (Wildman–Crippen MR) is 135 cm³/mol. The maximum absolute atomic E-state index is 13.6. The van der Waals surface area contributed by atoms with E-state index in [9.17, 15) is 28.7 Å². The van der Waals surface area contributed by atoms with Gasteiger partial charge in [0.2, 0.25) is 0 Å². The minimum Gasteiger partial charge on any atom is -0.474 e. The van der Waals surface area contributed by atoms with E-state index in [0.29, 0.717) is 47.3 Å². The molecule has 1 atom stereocenters. The van der Waals surface area contributed by atoms with Crippen LogP contribution in [0.4, 0.5) is 13.6 Å². The zero-order valence-corrected chi connectivity index (χ0v) is 21.2. The number of thiol groups is 1. The Morgan fingerprint density at radius 2 is 2.03 bits per heavy atom. The maximum Gasteiger partial charge on any atom is 0.346 e. The second-order valence-electron chi connectivity index (χ2n) is 9.54. The van der Waals surface area contributed by atoms with Crippen LogP contribution in [-0.2, 0) is 13.5 Å². The van der Waals surface area contributed by atoms with Gasteiger partial charge in [0, 0.05) is 61.8 Å². The fraction of sp³-hybridized carbons (Fsp3) is 0.538. The van der Waals surface area contributed by atoms with Gasteiger partial charge < -0.3 is 14.6 Å². The Morgan fingerprint density at radius 1 is 1.28 bits per heavy atom. The summed E-state index contributed by atoms with van der Waals surface area (Å²) < 4.78 is 27.6. The Hall–Kier alpha value is -3.11. The smallest absolute Gasteiger partial charge is 0.346 e. The fourth-order valence-electron chi connectivity index (χ4n) is 4.86. The van der Waals surface area contributed by atoms with Crippen molar-refractivity contribution in [1.82, 2.24) is 14.5 Å². The highest BCUT2D eigenvalue weighted by atomic mass is 32.2. The number of hydrogen-bond donors (Lipinski definition) is 2. The molecule has 2 aromatic heterocycles. The van der Waals surface area contributed by atoms with Crippen molar-refractivity contribution >= 4 is 33.1 Å². The van der Waals surface area contributed by atoms with Crippen LogP contribution in [0.25, 0.3) is 11.0 Å². The molecule has 10 heteroatoms. The first-order valence-electron chi connectivity index (χ1n) is 12.2. The quantitative estimate of drug-likeness (QED) is 0.304. The third kappa shape index (κ3) is 5.65. The maximum atomic E-state index is 13.6. The molecule has 36 heavy (non-hydrogen) atoms. The van der Waals surface area contributed by atoms with E-state index in [2.05, 4.69) is 22.9 Å². The molecule has 1 unspecified atom stereocenters. The van der Waals surface area contributed by atoms with Gasteiger partial charge in [0.25, 0.3) is 11.8 Å². The Balaban J connectivity index is 1.40. The normalized spacial score (nSPS) is 19.9. The number of aromatic nitrogens is 2. The molecule has 7 nitrogen and oxygen atoms in total. The molecule has 0 bridgehead atoms. The van der Waals surface area contributed by atoms with Crippen molar-refractivity contribution < 1.29 is 23.5 Å². The van der Waals surface area contributed by atoms with E-state index in [1.165, 1.54) is 6.20 Å². The molecule has 1 saturated heterocycles. The SMILES string of the molecule is Cn1c(CCCCCCC#CC2CC(F)(F)C2)c(C(=O)N2CC[SH](C(=O)O)C2)c2cc(C#N)cnc21. The summed E-state index contributed by atoms with van der Waals surface area (Å²) in [6.45, 7) is 0.414. The van der Waals surface area contributed by atoms with Crippen LogP contribution >= 0.6 is 10.9 Å². The van der Waals surface area contributed by atoms with E-state index in [0.717, 1.165) is 31.4 Å². The van der Waals surface area contributed by atoms with Crippen LogP contribution in [0.2, 0.25) is 0 Å². The van der Waals surface area contributed by atoms with Crippen LogP contribution in [0.1, 0.15) is 66.6 Å². The summed E-state index contributed by atoms with van der Waals surface area (Å²) in [4.78, 5) is 31.0. The number of carbonyl (C=O) groups is 2. The molecule has 1 aliphatic heterocycles. The Morgan fingerprint density at radius 3 is 2.69 bits per heavy atom. The number of rotatable bonds is 7. The van der Waals surface area contributed by atoms with Crippen LogP contribution in [0.15, 0.2) is 12.3 Å². The second kappa shape index (κ2) is 10.9. The molecule has 2 aromatic rings. The molecule has 0 spiro atoms. The van der Waals surface area contributed by atoms with Gasteiger partial charge in [-0.25, -0.2) is 18.6 Å². The highest BCUT2D eigenvalue weighted by Gasteiger charge is 2.44. The van der Waals surface area contributed by atoms with Crippen LogP contribution in [0.5, 0.6) is 0 Å². The lowest BCUT2D eigenvalue weighted by atomic mass is 9.82. The van der Waals surface area contributed by atoms with Gasteiger partial charge in [-0.3, -0.25) is 4.79 Å². The number of amides is 1. The van der Waals surface area contributed by atoms with E-state index in [1.807, 2.05) is 11.6 Å². The third-order valence-corrected chi connectivity index (χ3v) is 8.85. The summed E-state index contributed by atoms with van der Waals surface area (Å²) in [6.07, 6.45) is 6.24. The number of nitriles is 1. The molecule has 192 valence electrons. The zero-order chi connectivity index (χ0) is 25.9. The Kier molecular flexibility index (Phi) is 7.85. The standard InChI is InChI=1S/C26H30F2N4O3S/c1-31-21(9-7-5-3-2-4-6-8-18-13-26(27,28)14-18)22(20-12-19(15-29)16-30-23(20)31)24(33)32-10-11-36(17-32)25(34)35/h12,16,18,36H,2-5,7,9-11,13-14,17H2,1H3,(H,34,35). The van der Waals surface area contributed by atoms with Crippen molar-refractivity contribution in [2.45, 2.75) is 57.3 Å². The van der Waals surface area contributed by atoms with Crippen molar-refractivity contribution in [3.8, 4) is 17.9 Å². The summed E-state index contributed by atoms with van der Waals surface area (Å²) in [5, 5.41) is 18.5. The molecule has 1 N–H and O–H groups in total. The molecule has 2 aliphatic rings. The van der Waals surface area contributed by atoms with Gasteiger partial charge in [-0.1, -0.05) is 18.8 Å². The van der Waals surface area contributed by atoms with Crippen LogP contribution < -0.4 is 0 Å². The molecule has 0 aromatic carbocycles. The number of hydrogen-bond acceptors (Lipinski definition) is 4. The van der Waals surface area contributed by atoms with Gasteiger partial charge >= 0.3 is 5.30 Å². The summed E-state index contributed by atoms with van der Waals surface area (Å²) in [6, 6.07) is 3.77. The number of aryl methyl sites for hydroxylation is 1. The Labute approximate surface area is 211 Å². The second-order valence-corrected chi connectivity index (χ2v) is 11.7. The molecule has 4 rings (SSSR count). The molecule has 1 saturated carbocycles. The van der Waals surface area contributed by atoms with Crippen molar-refractivity contribution in [2.75, 3.05) is 18.2 Å². The zero-order valence-electron chi connectivity index (χ0n) is 20.3. The summed E-state index contributed by atoms with van der Waals surface area (Å²) in [7, 11) is 0.612. The minimum atomic E-state index is -2.53. The number of carbonyl (C=O) groups excluding carboxylic acids is 1. The van der Waals surface area contributed by atoms with Gasteiger partial charge in [0.15, 0.2) is 0 Å². The van der Waals surface area contributed by atoms with E-state index < -0.39 is 22.1 Å². The number of pyridine rings is 1. The van der Waals surface area contributed by atoms with E-state index in [4.69, 9.17) is 0 Å². The molecule has 1 amide bonds. The number of alkyl halides is 2. The molecular formula is C26H30F2N4O3S. The lowest BCUT2D eigenvalue weighted by molar-refractivity contribution is -0.0937. The van der Waals surface area contributed by atoms with E-state index in [1.54, 1.807) is 11.0 Å². The van der Waals surface area contributed by atoms with Crippen LogP contribution in [0, 0.1) is 29.1 Å². The number of carboxylic acid groups (broad SMARTS) is 1. The van der Waals surface area contributed by atoms with Crippen LogP contribution in [0.3, 0.4) is 0 Å². The number of nitrogens with zero attached hydrogens (tertiary/aromatic N) is 4. The highest BCUT2D eigenvalue weighted by Crippen LogP contribution is 2.41. The predicted octanol–water partition coefficient (Wildman–Crippen LogP) is 5.08. The van der Waals surface area contributed by atoms with Crippen molar-refractivity contribution in [3.05, 3.63) is 29.1 Å². The summed E-state index contributed by atoms with van der Waals surface area (Å²) >= 11 is 0. The van der Waals surface area contributed by atoms with Gasteiger partial charge in [-0.2, -0.15) is 5.26 Å². The monoisotopic (exact) mass is 516 g/mol. The first kappa shape index (κ1) is 26.0. The van der Waals surface area contributed by atoms with Crippen molar-refractivity contribution in [1.29, 1.82) is 5.26 Å². The summed E-state index contributed by atoms with van der Waals surface area (Å²) in [5.74, 6) is 3.80. The average Bonchev–Trinajstić information content (AvgIpc) is 3.42. The van der Waals surface area contributed by atoms with Gasteiger partial charge in [-0.05, 0) is 25.3 Å². The first-order chi connectivity index (χ1) is 17.2. The van der Waals surface area contributed by atoms with Gasteiger partial charge in [0.1, 0.15) is 11.7 Å². The average molecular weight is 517 g/mol. The summed E-state index contributed by atoms with van der Waals surface area (Å²) in [5.41, 5.74) is 2.36. The molecule has 3 heterocycles. The van der Waals surface area contributed by atoms with Gasteiger partial charge in [-0.15, -0.1) is 16.8 Å². The molecule has 0 radical (unpaired) electrons. The molecular weight excluding hydrogens is 486 g/mol. The first-order valence-corrected chi connectivity index (χ1v) is 13.9. The largest absolute Gasteiger partial charge is 0.474 e. The number of fused-ring (bicyclic) bond motifs is 1. The third-order valence-electron chi connectivity index (χ3n) is 6.89. The van der Waals surface area contributed by atoms with Crippen LogP contribution in [-0.4, -0.2) is 54.9 Å². The number of halogens is 2. The van der Waals surface area contributed by atoms with Crippen molar-refractivity contribution in [3.63, 3.8) is 0 Å². The highest BCUT2D eigenvalue weighted by molar-refractivity contribution is 8.29. The van der Waals surface area contributed by atoms with E-state index in [-0.39, 0.29) is 30.5 Å². The lowest BCUT2D eigenvalue weighted by Crippen LogP contribution is -2.34. The molecule has 2 fully saturated rings. The molecule has 1 aliphatic carbocycles. The topological polar surface area (TPSA) is 99.2 Å². The minimum absolute atomic E-state index is 0.119. The fourth-order valence-corrected chi connectivity index (χ4v) is 6.48. The Bertz CT molecular complexity index is 1270. The number of unbranched alkanes of at least 4 members (excludes halogenated alkanes) is 4.